The van der Waals surface area contributed by atoms with Crippen LogP contribution in [0, 0.1) is 5.82 Å². The van der Waals surface area contributed by atoms with Gasteiger partial charge in [-0.05, 0) is 11.6 Å². The summed E-state index contributed by atoms with van der Waals surface area (Å²) in [6.45, 7) is 0. The zero-order valence-corrected chi connectivity index (χ0v) is 7.92. The first-order valence-electron chi connectivity index (χ1n) is 3.55. The van der Waals surface area contributed by atoms with E-state index in [1.807, 2.05) is 0 Å². The zero-order chi connectivity index (χ0) is 8.97. The van der Waals surface area contributed by atoms with Crippen LogP contribution in [0.1, 0.15) is 11.5 Å². The van der Waals surface area contributed by atoms with Gasteiger partial charge < -0.3 is 4.79 Å². The second-order valence-corrected chi connectivity index (χ2v) is 3.07. The van der Waals surface area contributed by atoms with Crippen LogP contribution >= 0.6 is 15.9 Å². The maximum atomic E-state index is 13.0. The number of rotatable bonds is 3. The normalized spacial score (nSPS) is 12.5. The van der Waals surface area contributed by atoms with Crippen LogP contribution in [0.4, 0.5) is 4.39 Å². The van der Waals surface area contributed by atoms with Crippen LogP contribution in [0.15, 0.2) is 24.3 Å². The molecule has 0 aliphatic carbocycles. The van der Waals surface area contributed by atoms with Gasteiger partial charge in [0, 0.05) is 5.33 Å². The van der Waals surface area contributed by atoms with Crippen molar-refractivity contribution in [2.45, 2.75) is 5.92 Å². The van der Waals surface area contributed by atoms with E-state index in [0.717, 1.165) is 6.29 Å². The second-order valence-electron chi connectivity index (χ2n) is 2.42. The Morgan fingerprint density at radius 1 is 1.50 bits per heavy atom. The molecule has 1 aromatic carbocycles. The first-order chi connectivity index (χ1) is 5.79. The van der Waals surface area contributed by atoms with Gasteiger partial charge in [-0.2, -0.15) is 0 Å². The molecule has 0 saturated heterocycles. The topological polar surface area (TPSA) is 17.1 Å². The van der Waals surface area contributed by atoms with Crippen molar-refractivity contribution >= 4 is 22.2 Å². The molecule has 12 heavy (non-hydrogen) atoms. The number of carbonyl (C=O) groups excluding carboxylic acids is 1. The summed E-state index contributed by atoms with van der Waals surface area (Å²) in [7, 11) is 0. The summed E-state index contributed by atoms with van der Waals surface area (Å²) in [5.41, 5.74) is 0.448. The minimum atomic E-state index is -0.383. The molecule has 0 heterocycles. The van der Waals surface area contributed by atoms with E-state index < -0.39 is 0 Å². The third-order valence-electron chi connectivity index (χ3n) is 1.64. The Morgan fingerprint density at radius 2 is 2.17 bits per heavy atom. The highest BCUT2D eigenvalue weighted by Crippen LogP contribution is 2.18. The summed E-state index contributed by atoms with van der Waals surface area (Å²) in [5, 5.41) is 0.456. The molecular weight excluding hydrogens is 223 g/mol. The molecule has 0 aliphatic rings. The Labute approximate surface area is 78.7 Å². The lowest BCUT2D eigenvalue weighted by atomic mass is 10.0. The third kappa shape index (κ3) is 1.91. The van der Waals surface area contributed by atoms with Gasteiger partial charge in [-0.25, -0.2) is 4.39 Å². The lowest BCUT2D eigenvalue weighted by molar-refractivity contribution is -0.108. The quantitative estimate of drug-likeness (QED) is 0.577. The summed E-state index contributed by atoms with van der Waals surface area (Å²) in [6.07, 6.45) is 0.743. The molecule has 0 aromatic heterocycles. The fourth-order valence-electron chi connectivity index (χ4n) is 0.969. The molecule has 0 N–H and O–H groups in total. The second kappa shape index (κ2) is 4.36. The van der Waals surface area contributed by atoms with E-state index >= 15 is 0 Å². The summed E-state index contributed by atoms with van der Waals surface area (Å²) in [5.74, 6) is -0.708. The van der Waals surface area contributed by atoms with Gasteiger partial charge in [0.15, 0.2) is 0 Å². The Kier molecular flexibility index (Phi) is 3.41. The molecule has 1 nitrogen and oxygen atoms in total. The molecule has 1 atom stereocenters. The number of alkyl halides is 1. The average molecular weight is 231 g/mol. The van der Waals surface area contributed by atoms with E-state index in [9.17, 15) is 9.18 Å². The third-order valence-corrected chi connectivity index (χ3v) is 2.33. The van der Waals surface area contributed by atoms with Crippen LogP contribution in [-0.4, -0.2) is 11.6 Å². The molecule has 0 fully saturated rings. The number of halogens is 2. The first-order valence-corrected chi connectivity index (χ1v) is 4.67. The van der Waals surface area contributed by atoms with Crippen molar-refractivity contribution in [2.75, 3.05) is 5.33 Å². The van der Waals surface area contributed by atoms with Gasteiger partial charge in [0.2, 0.25) is 0 Å². The molecule has 3 heteroatoms. The number of carbonyl (C=O) groups is 1. The molecule has 0 amide bonds. The predicted molar refractivity (Wildman–Crippen MR) is 49.0 cm³/mol. The van der Waals surface area contributed by atoms with Crippen LogP contribution in [0.2, 0.25) is 0 Å². The van der Waals surface area contributed by atoms with Crippen molar-refractivity contribution in [3.05, 3.63) is 35.6 Å². The maximum Gasteiger partial charge on any atom is 0.128 e. The van der Waals surface area contributed by atoms with Gasteiger partial charge in [0.25, 0.3) is 0 Å². The number of hydrogen-bond acceptors (Lipinski definition) is 1. The van der Waals surface area contributed by atoms with E-state index in [0.29, 0.717) is 10.9 Å². The molecule has 0 saturated carbocycles. The molecular formula is C9H8BrFO. The van der Waals surface area contributed by atoms with Crippen molar-refractivity contribution in [3.63, 3.8) is 0 Å². The van der Waals surface area contributed by atoms with Crippen molar-refractivity contribution in [2.24, 2.45) is 0 Å². The molecule has 0 bridgehead atoms. The summed E-state index contributed by atoms with van der Waals surface area (Å²) >= 11 is 3.15. The smallest absolute Gasteiger partial charge is 0.128 e. The Balaban J connectivity index is 3.00. The minimum Gasteiger partial charge on any atom is -0.303 e. The number of benzene rings is 1. The van der Waals surface area contributed by atoms with E-state index in [1.54, 1.807) is 18.2 Å². The summed E-state index contributed by atoms with van der Waals surface area (Å²) < 4.78 is 13.0. The predicted octanol–water partition coefficient (Wildman–Crippen LogP) is 2.50. The molecule has 0 radical (unpaired) electrons. The van der Waals surface area contributed by atoms with Crippen LogP contribution in [0.25, 0.3) is 0 Å². The standard InChI is InChI=1S/C9H8BrFO/c10-5-7(6-12)8-3-1-2-4-9(8)11/h1-4,6-7H,5H2. The molecule has 1 aromatic rings. The van der Waals surface area contributed by atoms with Crippen LogP contribution in [0.5, 0.6) is 0 Å². The highest BCUT2D eigenvalue weighted by atomic mass is 79.9. The van der Waals surface area contributed by atoms with Gasteiger partial charge in [-0.1, -0.05) is 34.1 Å². The minimum absolute atomic E-state index is 0.325. The van der Waals surface area contributed by atoms with Gasteiger partial charge in [0.05, 0.1) is 5.92 Å². The average Bonchev–Trinajstić information content (AvgIpc) is 2.10. The van der Waals surface area contributed by atoms with Crippen molar-refractivity contribution in [1.29, 1.82) is 0 Å². The fourth-order valence-corrected chi connectivity index (χ4v) is 1.47. The van der Waals surface area contributed by atoms with E-state index in [2.05, 4.69) is 15.9 Å². The largest absolute Gasteiger partial charge is 0.303 e. The van der Waals surface area contributed by atoms with Crippen LogP contribution < -0.4 is 0 Å². The van der Waals surface area contributed by atoms with Crippen molar-refractivity contribution in [3.8, 4) is 0 Å². The van der Waals surface area contributed by atoms with E-state index in [1.165, 1.54) is 6.07 Å². The highest BCUT2D eigenvalue weighted by Gasteiger charge is 2.12. The Bertz CT molecular complexity index is 275. The van der Waals surface area contributed by atoms with Crippen LogP contribution in [0.3, 0.4) is 0 Å². The Morgan fingerprint density at radius 3 is 2.67 bits per heavy atom. The van der Waals surface area contributed by atoms with Gasteiger partial charge in [-0.15, -0.1) is 0 Å². The van der Waals surface area contributed by atoms with Crippen LogP contribution in [-0.2, 0) is 4.79 Å². The lowest BCUT2D eigenvalue weighted by Gasteiger charge is -2.06. The molecule has 1 rings (SSSR count). The molecule has 0 spiro atoms. The van der Waals surface area contributed by atoms with Gasteiger partial charge >= 0.3 is 0 Å². The fraction of sp³-hybridized carbons (Fsp3) is 0.222. The monoisotopic (exact) mass is 230 g/mol. The number of hydrogen-bond donors (Lipinski definition) is 0. The Hall–Kier alpha value is -0.700. The van der Waals surface area contributed by atoms with Gasteiger partial charge in [0.1, 0.15) is 12.1 Å². The summed E-state index contributed by atoms with van der Waals surface area (Å²) in [6, 6.07) is 6.30. The summed E-state index contributed by atoms with van der Waals surface area (Å²) in [4.78, 5) is 10.5. The highest BCUT2D eigenvalue weighted by molar-refractivity contribution is 9.09. The van der Waals surface area contributed by atoms with E-state index in [-0.39, 0.29) is 11.7 Å². The molecule has 0 aliphatic heterocycles. The van der Waals surface area contributed by atoms with Crippen molar-refractivity contribution in [1.82, 2.24) is 0 Å². The number of aldehydes is 1. The first kappa shape index (κ1) is 9.39. The lowest BCUT2D eigenvalue weighted by Crippen LogP contribution is -2.03. The SMILES string of the molecule is O=CC(CBr)c1ccccc1F. The van der Waals surface area contributed by atoms with Gasteiger partial charge in [-0.3, -0.25) is 0 Å². The van der Waals surface area contributed by atoms with E-state index in [4.69, 9.17) is 0 Å². The molecule has 1 unspecified atom stereocenters. The zero-order valence-electron chi connectivity index (χ0n) is 6.34. The van der Waals surface area contributed by atoms with Crippen molar-refractivity contribution < 1.29 is 9.18 Å². The molecule has 64 valence electrons. The maximum absolute atomic E-state index is 13.0.